The summed E-state index contributed by atoms with van der Waals surface area (Å²) in [5.74, 6) is -3.15. The zero-order valence-electron chi connectivity index (χ0n) is 17.7. The minimum absolute atomic E-state index is 0.0425. The van der Waals surface area contributed by atoms with Crippen molar-refractivity contribution in [1.82, 2.24) is 10.2 Å². The van der Waals surface area contributed by atoms with Crippen LogP contribution in [0, 0.1) is 11.5 Å². The molecular weight excluding hydrogens is 460 g/mol. The SMILES string of the molecule is COc1ccc(C(=O)N[C@@H](CS(=O)(=O)Cc2ccccc2OC(F)F)C(=O)N(C)C#N)cc1. The zero-order valence-corrected chi connectivity index (χ0v) is 18.5. The molecule has 0 saturated heterocycles. The first kappa shape index (κ1) is 25.5. The minimum atomic E-state index is -4.13. The third-order valence-electron chi connectivity index (χ3n) is 4.42. The standard InChI is InChI=1S/C21H21F2N3O6S/c1-26(13-24)20(28)17(25-19(27)14-7-9-16(31-2)10-8-14)12-33(29,30)11-15-5-3-4-6-18(15)32-21(22)23/h3-10,17,21H,11-12H2,1-2H3,(H,25,27)/t17-/m0/s1. The Bertz CT molecular complexity index is 1130. The average Bonchev–Trinajstić information content (AvgIpc) is 2.78. The maximum Gasteiger partial charge on any atom is 0.387 e. The van der Waals surface area contributed by atoms with Crippen LogP contribution in [-0.4, -0.2) is 57.7 Å². The number of hydrogen-bond donors (Lipinski definition) is 1. The Morgan fingerprint density at radius 3 is 2.36 bits per heavy atom. The average molecular weight is 481 g/mol. The van der Waals surface area contributed by atoms with Crippen molar-refractivity contribution < 1.29 is 36.3 Å². The van der Waals surface area contributed by atoms with Crippen molar-refractivity contribution in [3.63, 3.8) is 0 Å². The fraction of sp³-hybridized carbons (Fsp3) is 0.286. The highest BCUT2D eigenvalue weighted by Gasteiger charge is 2.30. The van der Waals surface area contributed by atoms with E-state index in [1.165, 1.54) is 55.6 Å². The first-order valence-electron chi connectivity index (χ1n) is 9.41. The Morgan fingerprint density at radius 1 is 1.15 bits per heavy atom. The third-order valence-corrected chi connectivity index (χ3v) is 6.01. The maximum absolute atomic E-state index is 12.8. The lowest BCUT2D eigenvalue weighted by molar-refractivity contribution is -0.128. The van der Waals surface area contributed by atoms with Crippen molar-refractivity contribution in [2.75, 3.05) is 19.9 Å². The second kappa shape index (κ2) is 11.2. The van der Waals surface area contributed by atoms with Gasteiger partial charge in [-0.2, -0.15) is 14.0 Å². The largest absolute Gasteiger partial charge is 0.497 e. The Balaban J connectivity index is 2.26. The van der Waals surface area contributed by atoms with Crippen LogP contribution in [0.15, 0.2) is 48.5 Å². The van der Waals surface area contributed by atoms with Gasteiger partial charge in [0, 0.05) is 18.2 Å². The summed E-state index contributed by atoms with van der Waals surface area (Å²) < 4.78 is 60.2. The van der Waals surface area contributed by atoms with E-state index in [1.807, 2.05) is 0 Å². The van der Waals surface area contributed by atoms with Crippen molar-refractivity contribution in [2.45, 2.75) is 18.4 Å². The van der Waals surface area contributed by atoms with Crippen LogP contribution in [0.2, 0.25) is 0 Å². The summed E-state index contributed by atoms with van der Waals surface area (Å²) in [5.41, 5.74) is 0.0837. The number of carbonyl (C=O) groups is 2. The summed E-state index contributed by atoms with van der Waals surface area (Å²) in [5, 5.41) is 11.3. The van der Waals surface area contributed by atoms with E-state index in [-0.39, 0.29) is 16.9 Å². The molecular formula is C21H21F2N3O6S. The number of nitriles is 1. The number of rotatable bonds is 10. The predicted octanol–water partition coefficient (Wildman–Crippen LogP) is 1.95. The van der Waals surface area contributed by atoms with Crippen molar-refractivity contribution in [1.29, 1.82) is 5.26 Å². The summed E-state index contributed by atoms with van der Waals surface area (Å²) in [6.07, 6.45) is 1.56. The molecule has 0 bridgehead atoms. The van der Waals surface area contributed by atoms with Gasteiger partial charge in [0.05, 0.1) is 18.6 Å². The number of alkyl halides is 2. The molecule has 33 heavy (non-hydrogen) atoms. The van der Waals surface area contributed by atoms with Gasteiger partial charge < -0.3 is 14.8 Å². The number of carbonyl (C=O) groups excluding carboxylic acids is 2. The van der Waals surface area contributed by atoms with E-state index < -0.39 is 45.8 Å². The van der Waals surface area contributed by atoms with Crippen molar-refractivity contribution in [3.8, 4) is 17.7 Å². The third kappa shape index (κ3) is 7.43. The van der Waals surface area contributed by atoms with Crippen LogP contribution in [0.4, 0.5) is 8.78 Å². The van der Waals surface area contributed by atoms with E-state index in [9.17, 15) is 26.8 Å². The molecule has 176 valence electrons. The van der Waals surface area contributed by atoms with E-state index in [1.54, 1.807) is 6.19 Å². The number of nitrogens with one attached hydrogen (secondary N) is 1. The molecule has 1 atom stereocenters. The second-order valence-corrected chi connectivity index (χ2v) is 8.90. The molecule has 2 aromatic rings. The lowest BCUT2D eigenvalue weighted by Gasteiger charge is -2.20. The first-order chi connectivity index (χ1) is 15.6. The molecule has 0 radical (unpaired) electrons. The Labute approximate surface area is 189 Å². The Kier molecular flexibility index (Phi) is 8.70. The smallest absolute Gasteiger partial charge is 0.387 e. The van der Waals surface area contributed by atoms with Crippen molar-refractivity contribution in [3.05, 3.63) is 59.7 Å². The van der Waals surface area contributed by atoms with E-state index in [4.69, 9.17) is 10.00 Å². The molecule has 0 saturated carbocycles. The predicted molar refractivity (Wildman–Crippen MR) is 113 cm³/mol. The number of sulfone groups is 1. The van der Waals surface area contributed by atoms with Gasteiger partial charge in [-0.3, -0.25) is 14.5 Å². The van der Waals surface area contributed by atoms with Gasteiger partial charge in [-0.05, 0) is 30.3 Å². The number of halogens is 2. The van der Waals surface area contributed by atoms with E-state index in [2.05, 4.69) is 10.1 Å². The van der Waals surface area contributed by atoms with E-state index in [0.717, 1.165) is 7.05 Å². The molecule has 0 aromatic heterocycles. The van der Waals surface area contributed by atoms with E-state index in [0.29, 0.717) is 10.6 Å². The summed E-state index contributed by atoms with van der Waals surface area (Å²) in [4.78, 5) is 25.7. The van der Waals surface area contributed by atoms with Crippen LogP contribution in [0.25, 0.3) is 0 Å². The van der Waals surface area contributed by atoms with Gasteiger partial charge in [0.15, 0.2) is 16.0 Å². The zero-order chi connectivity index (χ0) is 24.6. The van der Waals surface area contributed by atoms with Crippen LogP contribution in [0.3, 0.4) is 0 Å². The fourth-order valence-electron chi connectivity index (χ4n) is 2.83. The molecule has 2 aromatic carbocycles. The van der Waals surface area contributed by atoms with Gasteiger partial charge in [0.1, 0.15) is 17.5 Å². The van der Waals surface area contributed by atoms with Gasteiger partial charge in [0.2, 0.25) is 0 Å². The molecule has 0 unspecified atom stereocenters. The Hall–Kier alpha value is -3.72. The van der Waals surface area contributed by atoms with Crippen molar-refractivity contribution in [2.24, 2.45) is 0 Å². The minimum Gasteiger partial charge on any atom is -0.497 e. The number of amides is 2. The van der Waals surface area contributed by atoms with Gasteiger partial charge in [-0.1, -0.05) is 18.2 Å². The number of methoxy groups -OCH3 is 1. The van der Waals surface area contributed by atoms with Gasteiger partial charge >= 0.3 is 6.61 Å². The maximum atomic E-state index is 12.8. The monoisotopic (exact) mass is 481 g/mol. The van der Waals surface area contributed by atoms with Crippen LogP contribution in [0.1, 0.15) is 15.9 Å². The van der Waals surface area contributed by atoms with Gasteiger partial charge in [0.25, 0.3) is 11.8 Å². The van der Waals surface area contributed by atoms with Crippen LogP contribution < -0.4 is 14.8 Å². The van der Waals surface area contributed by atoms with Crippen LogP contribution in [-0.2, 0) is 20.4 Å². The highest BCUT2D eigenvalue weighted by Crippen LogP contribution is 2.23. The molecule has 1 N–H and O–H groups in total. The van der Waals surface area contributed by atoms with Crippen LogP contribution in [0.5, 0.6) is 11.5 Å². The fourth-order valence-corrected chi connectivity index (χ4v) is 4.39. The number of nitrogens with zero attached hydrogens (tertiary/aromatic N) is 2. The number of benzene rings is 2. The first-order valence-corrected chi connectivity index (χ1v) is 11.2. The normalized spacial score (nSPS) is 11.9. The molecule has 2 amide bonds. The number of likely N-dealkylation sites (N-methyl/N-ethyl adjacent to an activating group) is 1. The topological polar surface area (TPSA) is 126 Å². The van der Waals surface area contributed by atoms with Crippen molar-refractivity contribution >= 4 is 21.7 Å². The quantitative estimate of drug-likeness (QED) is 0.406. The van der Waals surface area contributed by atoms with E-state index >= 15 is 0 Å². The molecule has 12 heteroatoms. The second-order valence-electron chi connectivity index (χ2n) is 6.79. The summed E-state index contributed by atoms with van der Waals surface area (Å²) >= 11 is 0. The number of para-hydroxylation sites is 1. The summed E-state index contributed by atoms with van der Waals surface area (Å²) in [7, 11) is -1.57. The Morgan fingerprint density at radius 2 is 1.79 bits per heavy atom. The molecule has 0 aliphatic carbocycles. The molecule has 0 heterocycles. The lowest BCUT2D eigenvalue weighted by atomic mass is 10.2. The van der Waals surface area contributed by atoms with Crippen LogP contribution >= 0.6 is 0 Å². The lowest BCUT2D eigenvalue weighted by Crippen LogP contribution is -2.50. The molecule has 9 nitrogen and oxygen atoms in total. The number of hydrogen-bond acceptors (Lipinski definition) is 7. The molecule has 0 fully saturated rings. The molecule has 0 aliphatic heterocycles. The molecule has 0 aliphatic rings. The summed E-state index contributed by atoms with van der Waals surface area (Å²) in [6.45, 7) is -3.16. The highest BCUT2D eigenvalue weighted by atomic mass is 32.2. The van der Waals surface area contributed by atoms with Gasteiger partial charge in [-0.15, -0.1) is 0 Å². The number of ether oxygens (including phenoxy) is 2. The highest BCUT2D eigenvalue weighted by molar-refractivity contribution is 7.90. The van der Waals surface area contributed by atoms with Gasteiger partial charge in [-0.25, -0.2) is 8.42 Å². The molecule has 2 rings (SSSR count). The summed E-state index contributed by atoms with van der Waals surface area (Å²) in [6, 6.07) is 9.56. The molecule has 0 spiro atoms.